The van der Waals surface area contributed by atoms with Gasteiger partial charge < -0.3 is 15.7 Å². The van der Waals surface area contributed by atoms with Crippen molar-refractivity contribution in [1.29, 1.82) is 0 Å². The van der Waals surface area contributed by atoms with E-state index in [1.54, 1.807) is 24.3 Å². The molecule has 0 unspecified atom stereocenters. The molecule has 0 bridgehead atoms. The molecule has 134 valence electrons. The summed E-state index contributed by atoms with van der Waals surface area (Å²) in [5, 5.41) is 13.9. The minimum absolute atomic E-state index is 0.100. The number of carbonyl (C=O) groups excluding carboxylic acids is 2. The van der Waals surface area contributed by atoms with E-state index >= 15 is 0 Å². The molecule has 2 aromatic rings. The summed E-state index contributed by atoms with van der Waals surface area (Å²) in [5.41, 5.74) is 2.38. The van der Waals surface area contributed by atoms with E-state index in [4.69, 9.17) is 5.11 Å². The molecule has 2 aromatic carbocycles. The van der Waals surface area contributed by atoms with Crippen molar-refractivity contribution in [3.8, 4) is 0 Å². The molecule has 2 rings (SSSR count). The average molecular weight is 370 g/mol. The van der Waals surface area contributed by atoms with Crippen molar-refractivity contribution in [3.05, 3.63) is 66.2 Å². The van der Waals surface area contributed by atoms with Crippen molar-refractivity contribution in [2.75, 3.05) is 16.4 Å². The Morgan fingerprint density at radius 2 is 1.73 bits per heavy atom. The summed E-state index contributed by atoms with van der Waals surface area (Å²) >= 11 is 1.38. The second-order valence-electron chi connectivity index (χ2n) is 5.39. The molecule has 0 aliphatic rings. The van der Waals surface area contributed by atoms with E-state index in [2.05, 4.69) is 10.6 Å². The summed E-state index contributed by atoms with van der Waals surface area (Å²) in [5.74, 6) is -1.54. The second kappa shape index (κ2) is 9.43. The molecule has 2 amide bonds. The van der Waals surface area contributed by atoms with Crippen molar-refractivity contribution in [3.63, 3.8) is 0 Å². The highest BCUT2D eigenvalue weighted by Gasteiger charge is 2.05. The van der Waals surface area contributed by atoms with Gasteiger partial charge >= 0.3 is 5.97 Å². The first-order valence-electron chi connectivity index (χ1n) is 7.74. The molecule has 7 heteroatoms. The number of aliphatic carboxylic acids is 1. The molecule has 0 aliphatic heterocycles. The minimum atomic E-state index is -1.18. The number of rotatable bonds is 7. The van der Waals surface area contributed by atoms with E-state index in [1.165, 1.54) is 11.8 Å². The van der Waals surface area contributed by atoms with Crippen LogP contribution in [0.25, 0.3) is 0 Å². The zero-order chi connectivity index (χ0) is 18.9. The maximum atomic E-state index is 12.0. The van der Waals surface area contributed by atoms with Gasteiger partial charge in [-0.1, -0.05) is 12.1 Å². The van der Waals surface area contributed by atoms with Crippen LogP contribution in [0.2, 0.25) is 0 Å². The van der Waals surface area contributed by atoms with Crippen LogP contribution in [-0.4, -0.2) is 28.6 Å². The van der Waals surface area contributed by atoms with Gasteiger partial charge in [-0.3, -0.25) is 9.59 Å². The highest BCUT2D eigenvalue weighted by molar-refractivity contribution is 8.00. The zero-order valence-corrected chi connectivity index (χ0v) is 14.9. The summed E-state index contributed by atoms with van der Waals surface area (Å²) in [4.78, 5) is 34.7. The van der Waals surface area contributed by atoms with Crippen LogP contribution in [0, 0.1) is 6.92 Å². The fraction of sp³-hybridized carbons (Fsp3) is 0.105. The molecule has 0 saturated carbocycles. The van der Waals surface area contributed by atoms with Gasteiger partial charge in [-0.15, -0.1) is 11.8 Å². The van der Waals surface area contributed by atoms with E-state index in [0.29, 0.717) is 5.69 Å². The Kier molecular flexibility index (Phi) is 6.99. The molecule has 0 heterocycles. The number of hydrogen-bond donors (Lipinski definition) is 3. The number of carbonyl (C=O) groups is 3. The first kappa shape index (κ1) is 19.3. The maximum Gasteiger partial charge on any atom is 0.328 e. The fourth-order valence-electron chi connectivity index (χ4n) is 2.03. The second-order valence-corrected chi connectivity index (χ2v) is 6.44. The van der Waals surface area contributed by atoms with Gasteiger partial charge in [0.1, 0.15) is 0 Å². The summed E-state index contributed by atoms with van der Waals surface area (Å²) in [6, 6.07) is 14.5. The third kappa shape index (κ3) is 6.82. The van der Waals surface area contributed by atoms with Gasteiger partial charge in [-0.2, -0.15) is 0 Å². The molecular formula is C19H18N2O4S. The number of benzene rings is 2. The predicted molar refractivity (Wildman–Crippen MR) is 102 cm³/mol. The smallest absolute Gasteiger partial charge is 0.328 e. The molecule has 0 fully saturated rings. The van der Waals surface area contributed by atoms with Gasteiger partial charge in [0.25, 0.3) is 0 Å². The number of carboxylic acids is 1. The number of aryl methyl sites for hydroxylation is 1. The lowest BCUT2D eigenvalue weighted by atomic mass is 10.2. The lowest BCUT2D eigenvalue weighted by Gasteiger charge is -2.07. The SMILES string of the molecule is Cc1cccc(NC(=O)CSc2ccc(NC(=O)/C=C/C(=O)O)cc2)c1. The quantitative estimate of drug-likeness (QED) is 0.513. The number of carboxylic acid groups (broad SMARTS) is 1. The number of amides is 2. The normalized spacial score (nSPS) is 10.5. The molecular weight excluding hydrogens is 352 g/mol. The summed E-state index contributed by atoms with van der Waals surface area (Å²) in [7, 11) is 0. The van der Waals surface area contributed by atoms with E-state index in [-0.39, 0.29) is 11.7 Å². The third-order valence-corrected chi connectivity index (χ3v) is 4.18. The van der Waals surface area contributed by atoms with E-state index in [1.807, 2.05) is 31.2 Å². The van der Waals surface area contributed by atoms with E-state index in [0.717, 1.165) is 28.3 Å². The van der Waals surface area contributed by atoms with Gasteiger partial charge in [0, 0.05) is 28.4 Å². The number of anilines is 2. The van der Waals surface area contributed by atoms with Crippen LogP contribution >= 0.6 is 11.8 Å². The van der Waals surface area contributed by atoms with Crippen LogP contribution in [0.4, 0.5) is 11.4 Å². The van der Waals surface area contributed by atoms with Crippen LogP contribution in [0.3, 0.4) is 0 Å². The van der Waals surface area contributed by atoms with Crippen molar-refractivity contribution in [2.45, 2.75) is 11.8 Å². The standard InChI is InChI=1S/C19H18N2O4S/c1-13-3-2-4-15(11-13)21-18(23)12-26-16-7-5-14(6-8-16)20-17(22)9-10-19(24)25/h2-11H,12H2,1H3,(H,20,22)(H,21,23)(H,24,25)/b10-9+. The largest absolute Gasteiger partial charge is 0.478 e. The Labute approximate surface area is 155 Å². The van der Waals surface area contributed by atoms with Crippen LogP contribution in [0.15, 0.2) is 65.6 Å². The lowest BCUT2D eigenvalue weighted by molar-refractivity contribution is -0.131. The Morgan fingerprint density at radius 3 is 2.38 bits per heavy atom. The summed E-state index contributed by atoms with van der Waals surface area (Å²) in [6.45, 7) is 1.96. The maximum absolute atomic E-state index is 12.0. The Balaban J connectivity index is 1.82. The van der Waals surface area contributed by atoms with Gasteiger partial charge in [0.05, 0.1) is 5.75 Å². The lowest BCUT2D eigenvalue weighted by Crippen LogP contribution is -2.14. The molecule has 6 nitrogen and oxygen atoms in total. The Hall–Kier alpha value is -3.06. The molecule has 0 saturated heterocycles. The first-order chi connectivity index (χ1) is 12.4. The summed E-state index contributed by atoms with van der Waals surface area (Å²) in [6.07, 6.45) is 1.72. The topological polar surface area (TPSA) is 95.5 Å². The molecule has 0 radical (unpaired) electrons. The van der Waals surface area contributed by atoms with Crippen LogP contribution in [0.5, 0.6) is 0 Å². The first-order valence-corrected chi connectivity index (χ1v) is 8.72. The molecule has 0 atom stereocenters. The monoisotopic (exact) mass is 370 g/mol. The molecule has 0 aromatic heterocycles. The predicted octanol–water partition coefficient (Wildman–Crippen LogP) is 3.31. The van der Waals surface area contributed by atoms with Gasteiger partial charge in [-0.05, 0) is 48.9 Å². The van der Waals surface area contributed by atoms with Gasteiger partial charge in [0.15, 0.2) is 0 Å². The Morgan fingerprint density at radius 1 is 1.00 bits per heavy atom. The third-order valence-electron chi connectivity index (χ3n) is 3.17. The van der Waals surface area contributed by atoms with E-state index in [9.17, 15) is 14.4 Å². The van der Waals surface area contributed by atoms with E-state index < -0.39 is 11.9 Å². The summed E-state index contributed by atoms with van der Waals surface area (Å²) < 4.78 is 0. The number of hydrogen-bond acceptors (Lipinski definition) is 4. The molecule has 0 aliphatic carbocycles. The average Bonchev–Trinajstić information content (AvgIpc) is 2.59. The highest BCUT2D eigenvalue weighted by Crippen LogP contribution is 2.21. The highest BCUT2D eigenvalue weighted by atomic mass is 32.2. The van der Waals surface area contributed by atoms with Crippen molar-refractivity contribution in [1.82, 2.24) is 0 Å². The molecule has 3 N–H and O–H groups in total. The van der Waals surface area contributed by atoms with Crippen LogP contribution in [-0.2, 0) is 14.4 Å². The number of thioether (sulfide) groups is 1. The Bertz CT molecular complexity index is 832. The van der Waals surface area contributed by atoms with Crippen molar-refractivity contribution >= 4 is 40.9 Å². The van der Waals surface area contributed by atoms with Crippen molar-refractivity contribution < 1.29 is 19.5 Å². The van der Waals surface area contributed by atoms with Crippen molar-refractivity contribution in [2.24, 2.45) is 0 Å². The van der Waals surface area contributed by atoms with Gasteiger partial charge in [-0.25, -0.2) is 4.79 Å². The molecule has 26 heavy (non-hydrogen) atoms. The van der Waals surface area contributed by atoms with Gasteiger partial charge in [0.2, 0.25) is 11.8 Å². The van der Waals surface area contributed by atoms with Crippen LogP contribution < -0.4 is 10.6 Å². The minimum Gasteiger partial charge on any atom is -0.478 e. The number of nitrogens with one attached hydrogen (secondary N) is 2. The fourth-order valence-corrected chi connectivity index (χ4v) is 2.73. The van der Waals surface area contributed by atoms with Crippen LogP contribution in [0.1, 0.15) is 5.56 Å². The zero-order valence-electron chi connectivity index (χ0n) is 14.1. The molecule has 0 spiro atoms.